The Hall–Kier alpha value is -3.74. The third-order valence-corrected chi connectivity index (χ3v) is 5.48. The maximum absolute atomic E-state index is 13.1. The van der Waals surface area contributed by atoms with Crippen LogP contribution in [0.2, 0.25) is 0 Å². The number of aromatic nitrogens is 3. The zero-order valence-corrected chi connectivity index (χ0v) is 17.0. The summed E-state index contributed by atoms with van der Waals surface area (Å²) in [6.45, 7) is 3.79. The summed E-state index contributed by atoms with van der Waals surface area (Å²) in [7, 11) is 1.77. The van der Waals surface area contributed by atoms with Crippen molar-refractivity contribution < 1.29 is 14.7 Å². The molecule has 0 bridgehead atoms. The van der Waals surface area contributed by atoms with Crippen LogP contribution < -0.4 is 0 Å². The lowest BCUT2D eigenvalue weighted by Gasteiger charge is -2.25. The Bertz CT molecular complexity index is 1150. The minimum atomic E-state index is -0.703. The highest BCUT2D eigenvalue weighted by Gasteiger charge is 2.46. The number of benzene rings is 1. The lowest BCUT2D eigenvalue weighted by molar-refractivity contribution is -0.140. The van der Waals surface area contributed by atoms with Crippen molar-refractivity contribution in [3.63, 3.8) is 0 Å². The number of aliphatic hydroxyl groups excluding tert-OH is 1. The van der Waals surface area contributed by atoms with Crippen LogP contribution in [-0.2, 0) is 23.2 Å². The van der Waals surface area contributed by atoms with Gasteiger partial charge in [0.25, 0.3) is 11.7 Å². The number of rotatable bonds is 4. The predicted molar refractivity (Wildman–Crippen MR) is 111 cm³/mol. The standard InChI is InChI=1S/C23H22N4O3/c1-14-18(15(2)26(3)25-14)21(28)19-20(17-9-5-4-6-10-17)27(23(30)22(19)29)13-16-8-7-11-24-12-16/h4-12,20,28H,13H2,1-3H3. The van der Waals surface area contributed by atoms with Gasteiger partial charge >= 0.3 is 0 Å². The first-order chi connectivity index (χ1) is 14.4. The summed E-state index contributed by atoms with van der Waals surface area (Å²) in [5.74, 6) is -1.54. The minimum Gasteiger partial charge on any atom is -0.507 e. The Kier molecular flexibility index (Phi) is 4.95. The van der Waals surface area contributed by atoms with Gasteiger partial charge < -0.3 is 10.0 Å². The van der Waals surface area contributed by atoms with E-state index in [0.717, 1.165) is 16.8 Å². The molecular weight excluding hydrogens is 380 g/mol. The van der Waals surface area contributed by atoms with Crippen LogP contribution in [0.3, 0.4) is 0 Å². The molecule has 3 aromatic rings. The number of carbonyl (C=O) groups excluding carboxylic acids is 2. The van der Waals surface area contributed by atoms with Crippen LogP contribution in [0.15, 0.2) is 60.4 Å². The van der Waals surface area contributed by atoms with Crippen LogP contribution in [-0.4, -0.2) is 36.5 Å². The van der Waals surface area contributed by atoms with Crippen molar-refractivity contribution >= 4 is 17.4 Å². The average molecular weight is 402 g/mol. The normalized spacial score (nSPS) is 18.2. The highest BCUT2D eigenvalue weighted by Crippen LogP contribution is 2.41. The molecule has 0 aliphatic carbocycles. The maximum atomic E-state index is 13.1. The molecular formula is C23H22N4O3. The number of likely N-dealkylation sites (tertiary alicyclic amines) is 1. The summed E-state index contributed by atoms with van der Waals surface area (Å²) in [5.41, 5.74) is 3.43. The monoisotopic (exact) mass is 402 g/mol. The maximum Gasteiger partial charge on any atom is 0.295 e. The Morgan fingerprint density at radius 3 is 2.43 bits per heavy atom. The summed E-state index contributed by atoms with van der Waals surface area (Å²) in [6, 6.07) is 12.2. The van der Waals surface area contributed by atoms with E-state index in [1.54, 1.807) is 37.1 Å². The Labute approximate surface area is 174 Å². The molecule has 1 amide bonds. The molecule has 1 aliphatic heterocycles. The van der Waals surface area contributed by atoms with Gasteiger partial charge in [-0.25, -0.2) is 0 Å². The van der Waals surface area contributed by atoms with Gasteiger partial charge in [-0.05, 0) is 31.0 Å². The fourth-order valence-electron chi connectivity index (χ4n) is 3.96. The fraction of sp³-hybridized carbons (Fsp3) is 0.217. The molecule has 1 saturated heterocycles. The molecule has 4 rings (SSSR count). The average Bonchev–Trinajstić information content (AvgIpc) is 3.15. The molecule has 7 heteroatoms. The second-order valence-electron chi connectivity index (χ2n) is 7.37. The van der Waals surface area contributed by atoms with E-state index in [-0.39, 0.29) is 17.9 Å². The number of pyridine rings is 1. The topological polar surface area (TPSA) is 88.3 Å². The number of carbonyl (C=O) groups is 2. The molecule has 152 valence electrons. The Morgan fingerprint density at radius 2 is 1.83 bits per heavy atom. The lowest BCUT2D eigenvalue weighted by Crippen LogP contribution is -2.29. The van der Waals surface area contributed by atoms with E-state index in [2.05, 4.69) is 10.1 Å². The number of Topliss-reactive ketones (excluding diaryl/α,β-unsaturated/α-hetero) is 1. The van der Waals surface area contributed by atoms with Gasteiger partial charge in [-0.2, -0.15) is 5.10 Å². The van der Waals surface area contributed by atoms with Crippen molar-refractivity contribution in [1.82, 2.24) is 19.7 Å². The van der Waals surface area contributed by atoms with Crippen LogP contribution in [0.5, 0.6) is 0 Å². The van der Waals surface area contributed by atoms with E-state index in [0.29, 0.717) is 11.3 Å². The SMILES string of the molecule is Cc1nn(C)c(C)c1C(O)=C1C(=O)C(=O)N(Cc2cccnc2)C1c1ccccc1. The first kappa shape index (κ1) is 19.6. The molecule has 1 fully saturated rings. The van der Waals surface area contributed by atoms with Crippen molar-refractivity contribution in [2.24, 2.45) is 7.05 Å². The van der Waals surface area contributed by atoms with Crippen molar-refractivity contribution in [3.8, 4) is 0 Å². The molecule has 0 spiro atoms. The first-order valence-electron chi connectivity index (χ1n) is 9.63. The van der Waals surface area contributed by atoms with E-state index in [1.165, 1.54) is 4.90 Å². The van der Waals surface area contributed by atoms with Crippen LogP contribution >= 0.6 is 0 Å². The van der Waals surface area contributed by atoms with Crippen molar-refractivity contribution in [2.45, 2.75) is 26.4 Å². The van der Waals surface area contributed by atoms with Gasteiger partial charge in [-0.1, -0.05) is 36.4 Å². The molecule has 1 aliphatic rings. The number of ketones is 1. The van der Waals surface area contributed by atoms with Crippen LogP contribution in [0, 0.1) is 13.8 Å². The van der Waals surface area contributed by atoms with E-state index in [1.807, 2.05) is 43.3 Å². The molecule has 1 aromatic carbocycles. The molecule has 3 heterocycles. The highest BCUT2D eigenvalue weighted by molar-refractivity contribution is 6.46. The molecule has 1 N–H and O–H groups in total. The number of amides is 1. The first-order valence-corrected chi connectivity index (χ1v) is 9.63. The van der Waals surface area contributed by atoms with Gasteiger partial charge in [0.15, 0.2) is 0 Å². The molecule has 0 saturated carbocycles. The van der Waals surface area contributed by atoms with Gasteiger partial charge in [0.05, 0.1) is 22.9 Å². The largest absolute Gasteiger partial charge is 0.507 e. The zero-order chi connectivity index (χ0) is 21.4. The van der Waals surface area contributed by atoms with Gasteiger partial charge in [0.2, 0.25) is 0 Å². The van der Waals surface area contributed by atoms with Crippen LogP contribution in [0.1, 0.15) is 34.1 Å². The van der Waals surface area contributed by atoms with E-state index in [4.69, 9.17) is 0 Å². The molecule has 0 radical (unpaired) electrons. The van der Waals surface area contributed by atoms with E-state index in [9.17, 15) is 14.7 Å². The van der Waals surface area contributed by atoms with Crippen molar-refractivity contribution in [2.75, 3.05) is 0 Å². The minimum absolute atomic E-state index is 0.0780. The summed E-state index contributed by atoms with van der Waals surface area (Å²) in [6.07, 6.45) is 3.32. The number of hydrogen-bond acceptors (Lipinski definition) is 5. The molecule has 30 heavy (non-hydrogen) atoms. The summed E-state index contributed by atoms with van der Waals surface area (Å²) >= 11 is 0. The number of aliphatic hydroxyl groups is 1. The Balaban J connectivity index is 1.90. The third kappa shape index (κ3) is 3.18. The molecule has 7 nitrogen and oxygen atoms in total. The number of nitrogens with zero attached hydrogens (tertiary/aromatic N) is 4. The second-order valence-corrected chi connectivity index (χ2v) is 7.37. The Morgan fingerprint density at radius 1 is 1.10 bits per heavy atom. The fourth-order valence-corrected chi connectivity index (χ4v) is 3.96. The smallest absolute Gasteiger partial charge is 0.295 e. The number of aryl methyl sites for hydroxylation is 2. The van der Waals surface area contributed by atoms with Crippen molar-refractivity contribution in [3.05, 3.63) is 88.5 Å². The van der Waals surface area contributed by atoms with Gasteiger partial charge in [0.1, 0.15) is 5.76 Å². The second kappa shape index (κ2) is 7.59. The summed E-state index contributed by atoms with van der Waals surface area (Å²) in [5, 5.41) is 15.5. The van der Waals surface area contributed by atoms with Crippen LogP contribution in [0.25, 0.3) is 5.76 Å². The van der Waals surface area contributed by atoms with E-state index >= 15 is 0 Å². The molecule has 1 atom stereocenters. The zero-order valence-electron chi connectivity index (χ0n) is 17.0. The lowest BCUT2D eigenvalue weighted by atomic mass is 9.94. The van der Waals surface area contributed by atoms with Gasteiger partial charge in [-0.15, -0.1) is 0 Å². The summed E-state index contributed by atoms with van der Waals surface area (Å²) < 4.78 is 1.65. The third-order valence-electron chi connectivity index (χ3n) is 5.48. The summed E-state index contributed by atoms with van der Waals surface area (Å²) in [4.78, 5) is 31.7. The van der Waals surface area contributed by atoms with Crippen LogP contribution in [0.4, 0.5) is 0 Å². The van der Waals surface area contributed by atoms with E-state index < -0.39 is 17.7 Å². The van der Waals surface area contributed by atoms with Gasteiger partial charge in [0, 0.05) is 31.7 Å². The molecule has 1 unspecified atom stereocenters. The number of hydrogen-bond donors (Lipinski definition) is 1. The molecule has 2 aromatic heterocycles. The quantitative estimate of drug-likeness (QED) is 0.412. The highest BCUT2D eigenvalue weighted by atomic mass is 16.3. The van der Waals surface area contributed by atoms with Gasteiger partial charge in [-0.3, -0.25) is 19.3 Å². The predicted octanol–water partition coefficient (Wildman–Crippen LogP) is 3.05. The van der Waals surface area contributed by atoms with Crippen molar-refractivity contribution in [1.29, 1.82) is 0 Å².